The van der Waals surface area contributed by atoms with Crippen LogP contribution in [0.2, 0.25) is 0 Å². The largest absolute Gasteiger partial charge is 0.326 e. The smallest absolute Gasteiger partial charge is 0.238 e. The van der Waals surface area contributed by atoms with Crippen molar-refractivity contribution in [1.29, 1.82) is 0 Å². The van der Waals surface area contributed by atoms with Crippen LogP contribution in [-0.4, -0.2) is 17.6 Å². The topological polar surface area (TPSA) is 49.4 Å². The fraction of sp³-hybridized carbons (Fsp3) is 0.417. The Balaban J connectivity index is 1.47. The maximum Gasteiger partial charge on any atom is 0.238 e. The van der Waals surface area contributed by atoms with Crippen LogP contribution in [0.5, 0.6) is 0 Å². The number of hydrogen-bond acceptors (Lipinski definition) is 3. The van der Waals surface area contributed by atoms with Crippen LogP contribution in [0.1, 0.15) is 55.0 Å². The highest BCUT2D eigenvalue weighted by Gasteiger charge is 2.34. The van der Waals surface area contributed by atoms with Crippen molar-refractivity contribution in [2.45, 2.75) is 50.8 Å². The number of thioether (sulfide) groups is 1. The first-order valence-corrected chi connectivity index (χ1v) is 11.7. The summed E-state index contributed by atoms with van der Waals surface area (Å²) in [5.41, 5.74) is 2.76. The lowest BCUT2D eigenvalue weighted by molar-refractivity contribution is -0.117. The number of amides is 2. The minimum atomic E-state index is -0.320. The number of hydrogen-bond donors (Lipinski definition) is 1. The molecule has 4 rings (SSSR count). The average molecular weight is 427 g/mol. The molecule has 1 aliphatic heterocycles. The second-order valence-electron chi connectivity index (χ2n) is 8.22. The molecular formula is C24H27FN2O2S. The van der Waals surface area contributed by atoms with E-state index in [0.29, 0.717) is 29.3 Å². The number of nitrogens with zero attached hydrogens (tertiary/aromatic N) is 1. The summed E-state index contributed by atoms with van der Waals surface area (Å²) in [6.07, 6.45) is 6.54. The fourth-order valence-corrected chi connectivity index (χ4v) is 5.48. The Hall–Kier alpha value is -2.34. The Morgan fingerprint density at radius 1 is 1.20 bits per heavy atom. The van der Waals surface area contributed by atoms with E-state index in [1.54, 1.807) is 24.0 Å². The molecule has 0 radical (unpaired) electrons. The molecule has 0 aromatic heterocycles. The Labute approximate surface area is 181 Å². The molecule has 2 aromatic rings. The molecule has 2 amide bonds. The molecule has 158 valence electrons. The maximum absolute atomic E-state index is 14.1. The summed E-state index contributed by atoms with van der Waals surface area (Å²) >= 11 is 1.51. The van der Waals surface area contributed by atoms with E-state index in [0.717, 1.165) is 17.7 Å². The number of anilines is 2. The predicted octanol–water partition coefficient (Wildman–Crippen LogP) is 5.82. The van der Waals surface area contributed by atoms with Gasteiger partial charge in [-0.3, -0.25) is 14.5 Å². The van der Waals surface area contributed by atoms with Crippen LogP contribution in [0.3, 0.4) is 0 Å². The Morgan fingerprint density at radius 3 is 2.77 bits per heavy atom. The molecule has 1 unspecified atom stereocenters. The molecule has 1 aliphatic carbocycles. The lowest BCUT2D eigenvalue weighted by Gasteiger charge is -2.25. The molecule has 1 N–H and O–H groups in total. The third-order valence-corrected chi connectivity index (χ3v) is 7.22. The number of halogens is 1. The molecule has 0 spiro atoms. The van der Waals surface area contributed by atoms with Gasteiger partial charge in [-0.2, -0.15) is 0 Å². The van der Waals surface area contributed by atoms with E-state index in [9.17, 15) is 14.0 Å². The molecule has 4 nitrogen and oxygen atoms in total. The third kappa shape index (κ3) is 4.69. The van der Waals surface area contributed by atoms with E-state index in [2.05, 4.69) is 5.32 Å². The third-order valence-electron chi connectivity index (χ3n) is 6.01. The van der Waals surface area contributed by atoms with Crippen LogP contribution in [0, 0.1) is 18.7 Å². The van der Waals surface area contributed by atoms with Gasteiger partial charge in [0.05, 0.1) is 5.75 Å². The average Bonchev–Trinajstić information content (AvgIpc) is 3.38. The van der Waals surface area contributed by atoms with Crippen LogP contribution in [0.4, 0.5) is 15.8 Å². The van der Waals surface area contributed by atoms with Gasteiger partial charge in [0, 0.05) is 17.8 Å². The highest BCUT2D eigenvalue weighted by Crippen LogP contribution is 2.42. The van der Waals surface area contributed by atoms with Gasteiger partial charge in [0.25, 0.3) is 0 Å². The van der Waals surface area contributed by atoms with Gasteiger partial charge < -0.3 is 5.32 Å². The van der Waals surface area contributed by atoms with Crippen molar-refractivity contribution in [3.63, 3.8) is 0 Å². The van der Waals surface area contributed by atoms with Gasteiger partial charge in [-0.25, -0.2) is 4.39 Å². The summed E-state index contributed by atoms with van der Waals surface area (Å²) in [5, 5.41) is 2.76. The van der Waals surface area contributed by atoms with Gasteiger partial charge in [-0.15, -0.1) is 11.8 Å². The van der Waals surface area contributed by atoms with E-state index in [1.807, 2.05) is 24.3 Å². The predicted molar refractivity (Wildman–Crippen MR) is 120 cm³/mol. The van der Waals surface area contributed by atoms with Gasteiger partial charge in [-0.05, 0) is 54.7 Å². The molecule has 1 heterocycles. The van der Waals surface area contributed by atoms with Gasteiger partial charge in [0.2, 0.25) is 11.8 Å². The Morgan fingerprint density at radius 2 is 2.00 bits per heavy atom. The Kier molecular flexibility index (Phi) is 6.42. The van der Waals surface area contributed by atoms with Crippen molar-refractivity contribution >= 4 is 35.0 Å². The van der Waals surface area contributed by atoms with Crippen LogP contribution in [-0.2, 0) is 9.59 Å². The van der Waals surface area contributed by atoms with E-state index >= 15 is 0 Å². The minimum Gasteiger partial charge on any atom is -0.326 e. The van der Waals surface area contributed by atoms with Gasteiger partial charge >= 0.3 is 0 Å². The summed E-state index contributed by atoms with van der Waals surface area (Å²) in [6, 6.07) is 12.5. The van der Waals surface area contributed by atoms with Gasteiger partial charge in [0.15, 0.2) is 0 Å². The zero-order valence-electron chi connectivity index (χ0n) is 17.2. The first kappa shape index (κ1) is 20.9. The van der Waals surface area contributed by atoms with Crippen molar-refractivity contribution in [2.75, 3.05) is 16.0 Å². The molecule has 1 saturated carbocycles. The van der Waals surface area contributed by atoms with Crippen molar-refractivity contribution < 1.29 is 14.0 Å². The van der Waals surface area contributed by atoms with Crippen LogP contribution >= 0.6 is 11.8 Å². The summed E-state index contributed by atoms with van der Waals surface area (Å²) in [5.74, 6) is 0.703. The SMILES string of the molecule is Cc1ccc(N2C(=O)CSC2c2cccc(NC(=O)CCC3CCCC3)c2)cc1F. The van der Waals surface area contributed by atoms with E-state index in [4.69, 9.17) is 0 Å². The molecule has 0 bridgehead atoms. The molecular weight excluding hydrogens is 399 g/mol. The molecule has 2 aliphatic rings. The van der Waals surface area contributed by atoms with E-state index < -0.39 is 0 Å². The van der Waals surface area contributed by atoms with Crippen molar-refractivity contribution in [3.05, 3.63) is 59.4 Å². The molecule has 6 heteroatoms. The summed E-state index contributed by atoms with van der Waals surface area (Å²) < 4.78 is 14.1. The summed E-state index contributed by atoms with van der Waals surface area (Å²) in [6.45, 7) is 1.70. The highest BCUT2D eigenvalue weighted by atomic mass is 32.2. The summed E-state index contributed by atoms with van der Waals surface area (Å²) in [7, 11) is 0. The lowest BCUT2D eigenvalue weighted by Crippen LogP contribution is -2.28. The lowest BCUT2D eigenvalue weighted by atomic mass is 10.0. The maximum atomic E-state index is 14.1. The molecule has 2 fully saturated rings. The van der Waals surface area contributed by atoms with Gasteiger partial charge in [-0.1, -0.05) is 43.9 Å². The first-order chi connectivity index (χ1) is 14.5. The second kappa shape index (κ2) is 9.21. The number of carbonyl (C=O) groups excluding carboxylic acids is 2. The fourth-order valence-electron chi connectivity index (χ4n) is 4.31. The molecule has 1 saturated heterocycles. The van der Waals surface area contributed by atoms with Gasteiger partial charge in [0.1, 0.15) is 11.2 Å². The van der Waals surface area contributed by atoms with Crippen LogP contribution in [0.15, 0.2) is 42.5 Å². The van der Waals surface area contributed by atoms with Crippen LogP contribution < -0.4 is 10.2 Å². The zero-order valence-corrected chi connectivity index (χ0v) is 18.0. The van der Waals surface area contributed by atoms with Crippen molar-refractivity contribution in [2.24, 2.45) is 5.92 Å². The summed E-state index contributed by atoms with van der Waals surface area (Å²) in [4.78, 5) is 26.6. The molecule has 1 atom stereocenters. The Bertz CT molecular complexity index is 943. The first-order valence-electron chi connectivity index (χ1n) is 10.6. The van der Waals surface area contributed by atoms with Crippen molar-refractivity contribution in [3.8, 4) is 0 Å². The monoisotopic (exact) mass is 426 g/mol. The molecule has 30 heavy (non-hydrogen) atoms. The zero-order chi connectivity index (χ0) is 21.1. The molecule has 2 aromatic carbocycles. The normalized spacial score (nSPS) is 19.5. The number of benzene rings is 2. The quantitative estimate of drug-likeness (QED) is 0.633. The number of aryl methyl sites for hydroxylation is 1. The van der Waals surface area contributed by atoms with Crippen molar-refractivity contribution in [1.82, 2.24) is 0 Å². The number of nitrogens with one attached hydrogen (secondary N) is 1. The minimum absolute atomic E-state index is 0.0339. The number of rotatable bonds is 6. The second-order valence-corrected chi connectivity index (χ2v) is 9.29. The number of carbonyl (C=O) groups is 2. The highest BCUT2D eigenvalue weighted by molar-refractivity contribution is 8.00. The van der Waals surface area contributed by atoms with E-state index in [1.165, 1.54) is 43.5 Å². The van der Waals surface area contributed by atoms with E-state index in [-0.39, 0.29) is 23.0 Å². The standard InChI is InChI=1S/C24H27FN2O2S/c1-16-9-11-20(14-21(16)25)27-23(29)15-30-24(27)18-7-4-8-19(13-18)26-22(28)12-10-17-5-2-3-6-17/h4,7-9,11,13-14,17,24H,2-3,5-6,10,12,15H2,1H3,(H,26,28). The van der Waals surface area contributed by atoms with Crippen LogP contribution in [0.25, 0.3) is 0 Å².